The molecule has 29 heavy (non-hydrogen) atoms. The number of amides is 1. The second-order valence-corrected chi connectivity index (χ2v) is 6.77. The quantitative estimate of drug-likeness (QED) is 0.714. The fraction of sp³-hybridized carbons (Fsp3) is 0.238. The number of halogens is 1. The Hall–Kier alpha value is -3.55. The van der Waals surface area contributed by atoms with Gasteiger partial charge < -0.3 is 5.32 Å². The van der Waals surface area contributed by atoms with Gasteiger partial charge in [-0.2, -0.15) is 9.78 Å². The van der Waals surface area contributed by atoms with Gasteiger partial charge >= 0.3 is 5.69 Å². The molecule has 8 heteroatoms. The molecule has 0 unspecified atom stereocenters. The summed E-state index contributed by atoms with van der Waals surface area (Å²) in [6.45, 7) is 5.66. The maximum atomic E-state index is 13.2. The summed E-state index contributed by atoms with van der Waals surface area (Å²) in [6.07, 6.45) is 0. The zero-order chi connectivity index (χ0) is 21.1. The van der Waals surface area contributed by atoms with Crippen LogP contribution in [-0.4, -0.2) is 26.8 Å². The second kappa shape index (κ2) is 8.22. The van der Waals surface area contributed by atoms with E-state index in [9.17, 15) is 18.8 Å². The third-order valence-corrected chi connectivity index (χ3v) is 4.32. The third-order valence-electron chi connectivity index (χ3n) is 4.32. The third kappa shape index (κ3) is 4.31. The van der Waals surface area contributed by atoms with E-state index in [2.05, 4.69) is 10.4 Å². The van der Waals surface area contributed by atoms with Crippen LogP contribution in [0.3, 0.4) is 0 Å². The number of rotatable bonds is 5. The summed E-state index contributed by atoms with van der Waals surface area (Å²) in [7, 11) is 0. The number of hydrogen-bond donors (Lipinski definition) is 1. The number of aromatic nitrogens is 3. The van der Waals surface area contributed by atoms with Crippen molar-refractivity contribution < 1.29 is 9.18 Å². The normalized spacial score (nSPS) is 10.8. The molecule has 150 valence electrons. The molecule has 1 N–H and O–H groups in total. The molecule has 7 nitrogen and oxygen atoms in total. The van der Waals surface area contributed by atoms with Gasteiger partial charge in [-0.1, -0.05) is 18.2 Å². The van der Waals surface area contributed by atoms with E-state index >= 15 is 0 Å². The predicted octanol–water partition coefficient (Wildman–Crippen LogP) is 1.95. The van der Waals surface area contributed by atoms with E-state index in [1.54, 1.807) is 19.1 Å². The summed E-state index contributed by atoms with van der Waals surface area (Å²) in [5, 5.41) is 6.60. The molecular weight excluding hydrogens is 375 g/mol. The Morgan fingerprint density at radius 3 is 2.28 bits per heavy atom. The minimum Gasteiger partial charge on any atom is -0.351 e. The van der Waals surface area contributed by atoms with Crippen LogP contribution < -0.4 is 16.6 Å². The van der Waals surface area contributed by atoms with E-state index in [0.29, 0.717) is 17.8 Å². The molecule has 0 saturated carbocycles. The molecule has 3 aromatic rings. The molecule has 0 spiro atoms. The van der Waals surface area contributed by atoms with Crippen molar-refractivity contribution in [3.05, 3.63) is 91.5 Å². The second-order valence-electron chi connectivity index (χ2n) is 6.77. The monoisotopic (exact) mass is 396 g/mol. The van der Waals surface area contributed by atoms with Crippen molar-refractivity contribution >= 4 is 5.91 Å². The smallest absolute Gasteiger partial charge is 0.351 e. The van der Waals surface area contributed by atoms with Crippen molar-refractivity contribution in [3.8, 4) is 5.69 Å². The number of benzene rings is 2. The van der Waals surface area contributed by atoms with E-state index in [1.807, 2.05) is 19.9 Å². The first-order valence-corrected chi connectivity index (χ1v) is 9.15. The van der Waals surface area contributed by atoms with Gasteiger partial charge in [-0.3, -0.25) is 14.2 Å². The van der Waals surface area contributed by atoms with Crippen LogP contribution in [0.25, 0.3) is 5.69 Å². The highest BCUT2D eigenvalue weighted by Crippen LogP contribution is 2.11. The summed E-state index contributed by atoms with van der Waals surface area (Å²) in [6, 6.07) is 10.9. The van der Waals surface area contributed by atoms with Crippen LogP contribution in [0.1, 0.15) is 34.1 Å². The minimum atomic E-state index is -0.800. The topological polar surface area (TPSA) is 86.0 Å². The van der Waals surface area contributed by atoms with Gasteiger partial charge in [0.1, 0.15) is 5.82 Å². The number of nitrogens with zero attached hydrogens (tertiary/aromatic N) is 3. The van der Waals surface area contributed by atoms with E-state index in [0.717, 1.165) is 20.4 Å². The molecule has 1 amide bonds. The maximum absolute atomic E-state index is 13.2. The van der Waals surface area contributed by atoms with Crippen molar-refractivity contribution in [1.29, 1.82) is 0 Å². The van der Waals surface area contributed by atoms with Gasteiger partial charge in [0.25, 0.3) is 11.5 Å². The van der Waals surface area contributed by atoms with Crippen molar-refractivity contribution in [2.75, 3.05) is 6.54 Å². The molecule has 0 aliphatic carbocycles. The highest BCUT2D eigenvalue weighted by molar-refractivity contribution is 5.91. The lowest BCUT2D eigenvalue weighted by molar-refractivity contribution is 0.0946. The lowest BCUT2D eigenvalue weighted by Gasteiger charge is -2.13. The summed E-state index contributed by atoms with van der Waals surface area (Å²) in [5.41, 5.74) is 0.946. The molecule has 0 aliphatic rings. The van der Waals surface area contributed by atoms with E-state index in [4.69, 9.17) is 0 Å². The molecule has 2 aromatic carbocycles. The molecule has 0 aliphatic heterocycles. The Bertz CT molecular complexity index is 1160. The van der Waals surface area contributed by atoms with Gasteiger partial charge in [-0.25, -0.2) is 9.18 Å². The summed E-state index contributed by atoms with van der Waals surface area (Å²) < 4.78 is 15.2. The van der Waals surface area contributed by atoms with E-state index in [-0.39, 0.29) is 12.2 Å². The Morgan fingerprint density at radius 2 is 1.69 bits per heavy atom. The fourth-order valence-corrected chi connectivity index (χ4v) is 3.05. The van der Waals surface area contributed by atoms with Crippen molar-refractivity contribution in [2.24, 2.45) is 0 Å². The summed E-state index contributed by atoms with van der Waals surface area (Å²) in [5.74, 6) is -1.09. The number of nitrogens with one attached hydrogen (secondary N) is 1. The SMILES string of the molecule is CCNC(=O)c1nn(-c2cc(C)cc(C)c2)c(=O)n(Cc2ccc(F)cc2)c1=O. The molecule has 0 atom stereocenters. The van der Waals surface area contributed by atoms with Gasteiger partial charge in [0.2, 0.25) is 5.69 Å². The number of hydrogen-bond acceptors (Lipinski definition) is 4. The zero-order valence-corrected chi connectivity index (χ0v) is 16.4. The van der Waals surface area contributed by atoms with Crippen molar-refractivity contribution in [3.63, 3.8) is 0 Å². The molecule has 0 saturated heterocycles. The number of carbonyl (C=O) groups excluding carboxylic acids is 1. The lowest BCUT2D eigenvalue weighted by Crippen LogP contribution is -2.46. The molecule has 0 fully saturated rings. The zero-order valence-electron chi connectivity index (χ0n) is 16.4. The van der Waals surface area contributed by atoms with Gasteiger partial charge in [0.05, 0.1) is 12.2 Å². The molecule has 0 radical (unpaired) electrons. The summed E-state index contributed by atoms with van der Waals surface area (Å²) in [4.78, 5) is 38.3. The Labute approximate surface area is 166 Å². The predicted molar refractivity (Wildman–Crippen MR) is 107 cm³/mol. The van der Waals surface area contributed by atoms with Crippen LogP contribution in [0.5, 0.6) is 0 Å². The highest BCUT2D eigenvalue weighted by Gasteiger charge is 2.20. The Kier molecular flexibility index (Phi) is 5.72. The van der Waals surface area contributed by atoms with Gasteiger partial charge in [-0.05, 0) is 61.7 Å². The molecule has 0 bridgehead atoms. The first-order valence-electron chi connectivity index (χ1n) is 9.15. The van der Waals surface area contributed by atoms with Gasteiger partial charge in [0.15, 0.2) is 0 Å². The van der Waals surface area contributed by atoms with Crippen molar-refractivity contribution in [2.45, 2.75) is 27.3 Å². The van der Waals surface area contributed by atoms with Crippen LogP contribution >= 0.6 is 0 Å². The fourth-order valence-electron chi connectivity index (χ4n) is 3.05. The average molecular weight is 396 g/mol. The van der Waals surface area contributed by atoms with Gasteiger partial charge in [-0.15, -0.1) is 0 Å². The average Bonchev–Trinajstić information content (AvgIpc) is 2.66. The lowest BCUT2D eigenvalue weighted by atomic mass is 10.1. The van der Waals surface area contributed by atoms with Crippen LogP contribution in [-0.2, 0) is 6.54 Å². The van der Waals surface area contributed by atoms with E-state index in [1.165, 1.54) is 24.3 Å². The Morgan fingerprint density at radius 1 is 1.07 bits per heavy atom. The van der Waals surface area contributed by atoms with Crippen LogP contribution in [0, 0.1) is 19.7 Å². The minimum absolute atomic E-state index is 0.113. The molecule has 3 rings (SSSR count). The first-order chi connectivity index (χ1) is 13.8. The van der Waals surface area contributed by atoms with E-state index < -0.39 is 23.0 Å². The van der Waals surface area contributed by atoms with Crippen LogP contribution in [0.4, 0.5) is 4.39 Å². The van der Waals surface area contributed by atoms with Crippen LogP contribution in [0.15, 0.2) is 52.1 Å². The number of carbonyl (C=O) groups is 1. The van der Waals surface area contributed by atoms with Crippen LogP contribution in [0.2, 0.25) is 0 Å². The Balaban J connectivity index is 2.24. The van der Waals surface area contributed by atoms with Crippen molar-refractivity contribution in [1.82, 2.24) is 19.7 Å². The molecule has 1 aromatic heterocycles. The number of aryl methyl sites for hydroxylation is 2. The molecule has 1 heterocycles. The first kappa shape index (κ1) is 20.2. The largest absolute Gasteiger partial charge is 0.352 e. The standard InChI is InChI=1S/C21H21FN4O3/c1-4-23-19(27)18-20(28)25(12-15-5-7-16(22)8-6-15)21(29)26(24-18)17-10-13(2)9-14(3)11-17/h5-11H,4,12H2,1-3H3,(H,23,27). The molecular formula is C21H21FN4O3. The maximum Gasteiger partial charge on any atom is 0.352 e. The highest BCUT2D eigenvalue weighted by atomic mass is 19.1. The van der Waals surface area contributed by atoms with Gasteiger partial charge in [0, 0.05) is 6.54 Å². The summed E-state index contributed by atoms with van der Waals surface area (Å²) >= 11 is 0.